The van der Waals surface area contributed by atoms with Crippen LogP contribution in [0.4, 0.5) is 4.79 Å². The number of esters is 1. The summed E-state index contributed by atoms with van der Waals surface area (Å²) in [5.74, 6) is -0.231. The van der Waals surface area contributed by atoms with Gasteiger partial charge in [0.2, 0.25) is 0 Å². The molecular weight excluding hydrogens is 224 g/mol. The van der Waals surface area contributed by atoms with E-state index in [1.54, 1.807) is 0 Å². The lowest BCUT2D eigenvalue weighted by Gasteiger charge is -2.43. The molecule has 0 aliphatic carbocycles. The molecule has 98 valence electrons. The summed E-state index contributed by atoms with van der Waals surface area (Å²) in [6.07, 6.45) is -0.533. The van der Waals surface area contributed by atoms with Crippen molar-refractivity contribution in [2.24, 2.45) is 0 Å². The Labute approximate surface area is 101 Å². The average molecular weight is 244 g/mol. The van der Waals surface area contributed by atoms with Crippen molar-refractivity contribution in [1.29, 1.82) is 0 Å². The number of carbonyl (C=O) groups is 2. The van der Waals surface area contributed by atoms with Gasteiger partial charge in [-0.15, -0.1) is 0 Å². The summed E-state index contributed by atoms with van der Waals surface area (Å²) in [6, 6.07) is 0.249. The number of hydrogen-bond acceptors (Lipinski definition) is 4. The Morgan fingerprint density at radius 1 is 1.29 bits per heavy atom. The molecule has 1 N–H and O–H groups in total. The summed E-state index contributed by atoms with van der Waals surface area (Å²) >= 11 is 0. The van der Waals surface area contributed by atoms with Crippen LogP contribution < -0.4 is 0 Å². The van der Waals surface area contributed by atoms with Crippen LogP contribution >= 0.6 is 0 Å². The molecule has 1 saturated heterocycles. The van der Waals surface area contributed by atoms with E-state index in [9.17, 15) is 9.59 Å². The van der Waals surface area contributed by atoms with Crippen LogP contribution in [-0.4, -0.2) is 65.8 Å². The first-order valence-electron chi connectivity index (χ1n) is 5.76. The maximum Gasteiger partial charge on any atom is 0.407 e. The van der Waals surface area contributed by atoms with Crippen LogP contribution in [0.3, 0.4) is 0 Å². The Balaban J connectivity index is 2.51. The van der Waals surface area contributed by atoms with Crippen LogP contribution in [0.25, 0.3) is 0 Å². The third-order valence-electron chi connectivity index (χ3n) is 3.17. The number of carboxylic acid groups (broad SMARTS) is 1. The van der Waals surface area contributed by atoms with E-state index in [2.05, 4.69) is 9.64 Å². The number of amides is 1. The van der Waals surface area contributed by atoms with Crippen molar-refractivity contribution in [3.8, 4) is 0 Å². The summed E-state index contributed by atoms with van der Waals surface area (Å²) in [7, 11) is 1.37. The molecule has 0 aromatic heterocycles. The molecule has 0 aromatic carbocycles. The lowest BCUT2D eigenvalue weighted by Crippen LogP contribution is -2.58. The molecule has 0 saturated carbocycles. The van der Waals surface area contributed by atoms with E-state index in [4.69, 9.17) is 5.11 Å². The number of piperazine rings is 1. The zero-order chi connectivity index (χ0) is 13.0. The van der Waals surface area contributed by atoms with E-state index in [0.29, 0.717) is 26.1 Å². The van der Waals surface area contributed by atoms with Crippen molar-refractivity contribution in [3.63, 3.8) is 0 Å². The van der Waals surface area contributed by atoms with Crippen LogP contribution in [0, 0.1) is 0 Å². The molecule has 1 heterocycles. The molecule has 2 atom stereocenters. The smallest absolute Gasteiger partial charge is 0.407 e. The van der Waals surface area contributed by atoms with Crippen molar-refractivity contribution in [2.45, 2.75) is 32.4 Å². The lowest BCUT2D eigenvalue weighted by molar-refractivity contribution is -0.141. The van der Waals surface area contributed by atoms with Gasteiger partial charge in [-0.1, -0.05) is 0 Å². The first-order valence-corrected chi connectivity index (χ1v) is 5.76. The van der Waals surface area contributed by atoms with Crippen molar-refractivity contribution >= 4 is 12.1 Å². The van der Waals surface area contributed by atoms with E-state index in [1.165, 1.54) is 12.0 Å². The normalized spacial score (nSPS) is 25.7. The fourth-order valence-electron chi connectivity index (χ4n) is 2.28. The van der Waals surface area contributed by atoms with E-state index >= 15 is 0 Å². The summed E-state index contributed by atoms with van der Waals surface area (Å²) < 4.78 is 4.60. The number of carbonyl (C=O) groups excluding carboxylic acids is 1. The molecule has 6 nitrogen and oxygen atoms in total. The van der Waals surface area contributed by atoms with Crippen molar-refractivity contribution in [1.82, 2.24) is 9.80 Å². The Morgan fingerprint density at radius 3 is 2.24 bits per heavy atom. The van der Waals surface area contributed by atoms with Crippen LogP contribution in [0.2, 0.25) is 0 Å². The predicted molar refractivity (Wildman–Crippen MR) is 61.9 cm³/mol. The Kier molecular flexibility index (Phi) is 4.74. The van der Waals surface area contributed by atoms with E-state index < -0.39 is 6.09 Å². The quantitative estimate of drug-likeness (QED) is 0.737. The topological polar surface area (TPSA) is 70.1 Å². The summed E-state index contributed by atoms with van der Waals surface area (Å²) in [4.78, 5) is 25.6. The Hall–Kier alpha value is -1.30. The van der Waals surface area contributed by atoms with Crippen LogP contribution in [0.15, 0.2) is 0 Å². The van der Waals surface area contributed by atoms with Crippen LogP contribution in [0.1, 0.15) is 20.3 Å². The first kappa shape index (κ1) is 13.8. The van der Waals surface area contributed by atoms with Gasteiger partial charge in [0.1, 0.15) is 0 Å². The summed E-state index contributed by atoms with van der Waals surface area (Å²) in [5.41, 5.74) is 0. The molecule has 1 unspecified atom stereocenters. The molecule has 0 bridgehead atoms. The van der Waals surface area contributed by atoms with Gasteiger partial charge in [-0.05, 0) is 13.8 Å². The van der Waals surface area contributed by atoms with Gasteiger partial charge in [0, 0.05) is 31.7 Å². The fourth-order valence-corrected chi connectivity index (χ4v) is 2.28. The first-order chi connectivity index (χ1) is 7.95. The minimum absolute atomic E-state index is 0.125. The highest BCUT2D eigenvalue weighted by atomic mass is 16.5. The zero-order valence-electron chi connectivity index (χ0n) is 10.5. The molecule has 0 spiro atoms. The van der Waals surface area contributed by atoms with Crippen molar-refractivity contribution in [2.75, 3.05) is 26.7 Å². The van der Waals surface area contributed by atoms with Crippen molar-refractivity contribution < 1.29 is 19.4 Å². The van der Waals surface area contributed by atoms with E-state index in [0.717, 1.165) is 0 Å². The number of rotatable bonds is 3. The van der Waals surface area contributed by atoms with Gasteiger partial charge in [-0.3, -0.25) is 9.69 Å². The molecule has 1 fully saturated rings. The van der Waals surface area contributed by atoms with Gasteiger partial charge in [0.05, 0.1) is 13.5 Å². The van der Waals surface area contributed by atoms with Gasteiger partial charge in [0.15, 0.2) is 0 Å². The third-order valence-corrected chi connectivity index (χ3v) is 3.17. The monoisotopic (exact) mass is 244 g/mol. The van der Waals surface area contributed by atoms with Gasteiger partial charge in [-0.25, -0.2) is 4.79 Å². The highest BCUT2D eigenvalue weighted by molar-refractivity contribution is 5.69. The minimum atomic E-state index is -0.878. The highest BCUT2D eigenvalue weighted by Gasteiger charge is 2.31. The number of nitrogens with zero attached hydrogens (tertiary/aromatic N) is 2. The molecular formula is C11H20N2O4. The summed E-state index contributed by atoms with van der Waals surface area (Å²) in [5, 5.41) is 8.95. The van der Waals surface area contributed by atoms with E-state index in [1.807, 2.05) is 13.8 Å². The SMILES string of the molecule is COC(=O)CCN1C(C)CN(C(=O)O)C[C@@H]1C. The molecule has 1 amide bonds. The largest absolute Gasteiger partial charge is 0.469 e. The van der Waals surface area contributed by atoms with Gasteiger partial charge in [-0.2, -0.15) is 0 Å². The van der Waals surface area contributed by atoms with Crippen LogP contribution in [-0.2, 0) is 9.53 Å². The second-order valence-corrected chi connectivity index (χ2v) is 4.45. The van der Waals surface area contributed by atoms with Crippen LogP contribution in [0.5, 0.6) is 0 Å². The van der Waals surface area contributed by atoms with Crippen molar-refractivity contribution in [3.05, 3.63) is 0 Å². The maximum absolute atomic E-state index is 11.1. The maximum atomic E-state index is 11.1. The molecule has 6 heteroatoms. The Morgan fingerprint density at radius 2 is 1.82 bits per heavy atom. The standard InChI is InChI=1S/C11H20N2O4/c1-8-6-12(11(15)16)7-9(2)13(8)5-4-10(14)17-3/h8-9H,4-7H2,1-3H3,(H,15,16)/t8-,9?/m0/s1. The molecule has 1 aliphatic rings. The molecule has 1 rings (SSSR count). The Bertz CT molecular complexity index is 283. The summed E-state index contributed by atoms with van der Waals surface area (Å²) in [6.45, 7) is 5.54. The van der Waals surface area contributed by atoms with E-state index in [-0.39, 0.29) is 18.1 Å². The zero-order valence-corrected chi connectivity index (χ0v) is 10.5. The minimum Gasteiger partial charge on any atom is -0.469 e. The number of ether oxygens (including phenoxy) is 1. The second kappa shape index (κ2) is 5.86. The molecule has 0 radical (unpaired) electrons. The highest BCUT2D eigenvalue weighted by Crippen LogP contribution is 2.16. The number of hydrogen-bond donors (Lipinski definition) is 1. The fraction of sp³-hybridized carbons (Fsp3) is 0.818. The van der Waals surface area contributed by atoms with Gasteiger partial charge in [0.25, 0.3) is 0 Å². The third kappa shape index (κ3) is 3.59. The lowest BCUT2D eigenvalue weighted by atomic mass is 10.1. The number of methoxy groups -OCH3 is 1. The molecule has 1 aliphatic heterocycles. The second-order valence-electron chi connectivity index (χ2n) is 4.45. The van der Waals surface area contributed by atoms with Gasteiger partial charge < -0.3 is 14.7 Å². The predicted octanol–water partition coefficient (Wildman–Crippen LogP) is 0.622. The average Bonchev–Trinajstić information content (AvgIpc) is 2.27. The van der Waals surface area contributed by atoms with Gasteiger partial charge >= 0.3 is 12.1 Å². The molecule has 17 heavy (non-hydrogen) atoms. The molecule has 0 aromatic rings.